The van der Waals surface area contributed by atoms with E-state index in [1.54, 1.807) is 7.05 Å². The summed E-state index contributed by atoms with van der Waals surface area (Å²) in [5, 5.41) is 13.3. The largest absolute Gasteiger partial charge is 0.409 e. The standard InChI is InChI=1S/C19H26N4O2/c1-19(2)11-9-13(10-12-19)22(3)17-14-7-5-6-8-15(14)23(4)18(24)16(20-17)21-25/h5-8,13,25H,9-12H2,1-4H3. The lowest BCUT2D eigenvalue weighted by Crippen LogP contribution is -2.39. The van der Waals surface area contributed by atoms with E-state index in [1.807, 2.05) is 31.3 Å². The molecule has 0 aliphatic heterocycles. The lowest BCUT2D eigenvalue weighted by Gasteiger charge is -2.39. The third-order valence-electron chi connectivity index (χ3n) is 5.50. The molecular weight excluding hydrogens is 316 g/mol. The summed E-state index contributed by atoms with van der Waals surface area (Å²) in [6, 6.07) is 8.04. The van der Waals surface area contributed by atoms with Crippen molar-refractivity contribution in [3.63, 3.8) is 0 Å². The zero-order valence-corrected chi connectivity index (χ0v) is 15.4. The van der Waals surface area contributed by atoms with Crippen molar-refractivity contribution in [3.05, 3.63) is 40.1 Å². The lowest BCUT2D eigenvalue weighted by atomic mass is 9.75. The van der Waals surface area contributed by atoms with Crippen LogP contribution >= 0.6 is 0 Å². The van der Waals surface area contributed by atoms with Gasteiger partial charge in [0.2, 0.25) is 0 Å². The third kappa shape index (κ3) is 3.25. The zero-order chi connectivity index (χ0) is 18.2. The topological polar surface area (TPSA) is 70.7 Å². The van der Waals surface area contributed by atoms with E-state index >= 15 is 0 Å². The molecule has 1 aromatic heterocycles. The van der Waals surface area contributed by atoms with Gasteiger partial charge < -0.3 is 14.7 Å². The molecule has 0 bridgehead atoms. The average molecular weight is 342 g/mol. The molecule has 25 heavy (non-hydrogen) atoms. The fourth-order valence-electron chi connectivity index (χ4n) is 3.70. The SMILES string of the molecule is CN(c1nc(=NO)c(=O)n(C)c2ccccc12)C1CCC(C)(C)CC1. The molecule has 3 rings (SSSR count). The van der Waals surface area contributed by atoms with Crippen LogP contribution in [0, 0.1) is 5.41 Å². The van der Waals surface area contributed by atoms with Crippen molar-refractivity contribution >= 4 is 16.7 Å². The molecule has 0 atom stereocenters. The molecule has 1 saturated carbocycles. The summed E-state index contributed by atoms with van der Waals surface area (Å²) in [7, 11) is 3.69. The van der Waals surface area contributed by atoms with Crippen LogP contribution in [0.1, 0.15) is 39.5 Å². The summed E-state index contributed by atoms with van der Waals surface area (Å²) >= 11 is 0. The molecule has 1 heterocycles. The summed E-state index contributed by atoms with van der Waals surface area (Å²) in [6.07, 6.45) is 4.49. The van der Waals surface area contributed by atoms with Crippen LogP contribution in [0.4, 0.5) is 5.82 Å². The first-order valence-corrected chi connectivity index (χ1v) is 8.75. The van der Waals surface area contributed by atoms with Gasteiger partial charge in [-0.1, -0.05) is 31.1 Å². The number of hydrogen-bond donors (Lipinski definition) is 1. The Morgan fingerprint density at radius 3 is 2.56 bits per heavy atom. The van der Waals surface area contributed by atoms with Crippen molar-refractivity contribution < 1.29 is 5.21 Å². The minimum absolute atomic E-state index is 0.184. The minimum Gasteiger partial charge on any atom is -0.409 e. The number of aromatic nitrogens is 2. The van der Waals surface area contributed by atoms with Gasteiger partial charge in [0.1, 0.15) is 5.82 Å². The van der Waals surface area contributed by atoms with E-state index < -0.39 is 5.56 Å². The van der Waals surface area contributed by atoms with Gasteiger partial charge in [0, 0.05) is 25.5 Å². The number of rotatable bonds is 2. The minimum atomic E-state index is -0.414. The molecule has 2 aromatic rings. The molecular formula is C19H26N4O2. The van der Waals surface area contributed by atoms with Crippen LogP contribution in [0.5, 0.6) is 0 Å². The zero-order valence-electron chi connectivity index (χ0n) is 15.4. The van der Waals surface area contributed by atoms with Gasteiger partial charge in [0.05, 0.1) is 5.52 Å². The predicted octanol–water partition coefficient (Wildman–Crippen LogP) is 2.63. The van der Waals surface area contributed by atoms with Gasteiger partial charge in [-0.3, -0.25) is 4.79 Å². The van der Waals surface area contributed by atoms with Crippen molar-refractivity contribution in [2.24, 2.45) is 17.6 Å². The molecule has 0 amide bonds. The van der Waals surface area contributed by atoms with E-state index in [9.17, 15) is 10.0 Å². The summed E-state index contributed by atoms with van der Waals surface area (Å²) in [5.41, 5.74) is 0.557. The molecule has 0 unspecified atom stereocenters. The lowest BCUT2D eigenvalue weighted by molar-refractivity contribution is 0.222. The molecule has 6 nitrogen and oxygen atoms in total. The molecule has 0 spiro atoms. The third-order valence-corrected chi connectivity index (χ3v) is 5.50. The van der Waals surface area contributed by atoms with Gasteiger partial charge in [-0.15, -0.1) is 0 Å². The van der Waals surface area contributed by atoms with Crippen molar-refractivity contribution in [2.45, 2.75) is 45.6 Å². The molecule has 1 N–H and O–H groups in total. The van der Waals surface area contributed by atoms with E-state index in [0.29, 0.717) is 17.3 Å². The molecule has 1 aliphatic carbocycles. The summed E-state index contributed by atoms with van der Waals surface area (Å²) in [4.78, 5) is 19.1. The number of nitrogens with zero attached hydrogens (tertiary/aromatic N) is 4. The smallest absolute Gasteiger partial charge is 0.299 e. The second kappa shape index (κ2) is 6.50. The quantitative estimate of drug-likeness (QED) is 0.673. The number of benzene rings is 1. The molecule has 0 saturated heterocycles. The van der Waals surface area contributed by atoms with Crippen molar-refractivity contribution in [2.75, 3.05) is 11.9 Å². The van der Waals surface area contributed by atoms with Crippen LogP contribution in [0.25, 0.3) is 10.9 Å². The Bertz CT molecular complexity index is 907. The van der Waals surface area contributed by atoms with E-state index in [0.717, 1.165) is 36.6 Å². The second-order valence-corrected chi connectivity index (χ2v) is 7.75. The second-order valence-electron chi connectivity index (χ2n) is 7.75. The highest BCUT2D eigenvalue weighted by Gasteiger charge is 2.30. The molecule has 6 heteroatoms. The summed E-state index contributed by atoms with van der Waals surface area (Å²) in [6.45, 7) is 4.62. The maximum atomic E-state index is 12.5. The van der Waals surface area contributed by atoms with E-state index in [4.69, 9.17) is 0 Å². The number of para-hydroxylation sites is 1. The van der Waals surface area contributed by atoms with Crippen LogP contribution in [0.3, 0.4) is 0 Å². The predicted molar refractivity (Wildman–Crippen MR) is 98.8 cm³/mol. The highest BCUT2D eigenvalue weighted by molar-refractivity contribution is 5.89. The molecule has 0 radical (unpaired) electrons. The number of anilines is 1. The molecule has 1 aromatic carbocycles. The van der Waals surface area contributed by atoms with Gasteiger partial charge in [0.15, 0.2) is 0 Å². The maximum absolute atomic E-state index is 12.5. The van der Waals surface area contributed by atoms with E-state index in [1.165, 1.54) is 4.57 Å². The highest BCUT2D eigenvalue weighted by atomic mass is 16.4. The van der Waals surface area contributed by atoms with Crippen LogP contribution in [0.15, 0.2) is 34.2 Å². The monoisotopic (exact) mass is 342 g/mol. The Morgan fingerprint density at radius 1 is 1.28 bits per heavy atom. The van der Waals surface area contributed by atoms with Crippen molar-refractivity contribution in [3.8, 4) is 0 Å². The Hall–Kier alpha value is -2.37. The first-order valence-electron chi connectivity index (χ1n) is 8.75. The first kappa shape index (κ1) is 17.5. The molecule has 134 valence electrons. The Balaban J connectivity index is 2.18. The fraction of sp³-hybridized carbons (Fsp3) is 0.526. The maximum Gasteiger partial charge on any atom is 0.299 e. The van der Waals surface area contributed by atoms with E-state index in [-0.39, 0.29) is 5.49 Å². The first-order chi connectivity index (χ1) is 11.8. The van der Waals surface area contributed by atoms with Crippen LogP contribution in [-0.2, 0) is 7.05 Å². The molecule has 1 fully saturated rings. The Morgan fingerprint density at radius 2 is 1.92 bits per heavy atom. The Kier molecular flexibility index (Phi) is 4.54. The van der Waals surface area contributed by atoms with Gasteiger partial charge >= 0.3 is 0 Å². The van der Waals surface area contributed by atoms with Crippen LogP contribution < -0.4 is 15.9 Å². The van der Waals surface area contributed by atoms with Crippen LogP contribution in [0.2, 0.25) is 0 Å². The van der Waals surface area contributed by atoms with Crippen molar-refractivity contribution in [1.82, 2.24) is 9.55 Å². The van der Waals surface area contributed by atoms with Gasteiger partial charge in [-0.05, 0) is 43.2 Å². The van der Waals surface area contributed by atoms with Gasteiger partial charge in [0.25, 0.3) is 11.0 Å². The Labute approximate surface area is 147 Å². The summed E-state index contributed by atoms with van der Waals surface area (Å²) < 4.78 is 1.48. The van der Waals surface area contributed by atoms with Crippen LogP contribution in [-0.4, -0.2) is 27.8 Å². The summed E-state index contributed by atoms with van der Waals surface area (Å²) in [5.74, 6) is 0.686. The molecule has 1 aliphatic rings. The number of fused-ring (bicyclic) bond motifs is 1. The van der Waals surface area contributed by atoms with Gasteiger partial charge in [-0.2, -0.15) is 0 Å². The van der Waals surface area contributed by atoms with Gasteiger partial charge in [-0.25, -0.2) is 4.98 Å². The number of aryl methyl sites for hydroxylation is 1. The van der Waals surface area contributed by atoms with Crippen molar-refractivity contribution in [1.29, 1.82) is 0 Å². The highest BCUT2D eigenvalue weighted by Crippen LogP contribution is 2.38. The fourth-order valence-corrected chi connectivity index (χ4v) is 3.70. The normalized spacial score (nSPS) is 18.5. The average Bonchev–Trinajstić information content (AvgIpc) is 2.71. The van der Waals surface area contributed by atoms with E-state index in [2.05, 4.69) is 28.9 Å². The number of hydrogen-bond acceptors (Lipinski definition) is 5.